The molecule has 0 radical (unpaired) electrons. The fourth-order valence-corrected chi connectivity index (χ4v) is 2.59. The number of benzene rings is 1. The molecule has 1 aliphatic heterocycles. The Morgan fingerprint density at radius 3 is 2.83 bits per heavy atom. The van der Waals surface area contributed by atoms with Crippen LogP contribution in [0.4, 0.5) is 5.69 Å². The van der Waals surface area contributed by atoms with Crippen molar-refractivity contribution in [2.45, 2.75) is 20.3 Å². The van der Waals surface area contributed by atoms with Crippen LogP contribution in [0, 0.1) is 5.92 Å². The Hall–Kier alpha value is -2.34. The average Bonchev–Trinajstić information content (AvgIpc) is 2.46. The Labute approximate surface area is 138 Å². The predicted molar refractivity (Wildman–Crippen MR) is 85.7 cm³/mol. The molecule has 1 aliphatic rings. The number of rotatable bonds is 4. The molecule has 1 heterocycles. The molecule has 1 aromatic rings. The highest BCUT2D eigenvalue weighted by Gasteiger charge is 2.36. The van der Waals surface area contributed by atoms with Crippen molar-refractivity contribution < 1.29 is 19.1 Å². The van der Waals surface area contributed by atoms with E-state index in [1.165, 1.54) is 0 Å². The van der Waals surface area contributed by atoms with Gasteiger partial charge in [0.05, 0.1) is 18.1 Å². The van der Waals surface area contributed by atoms with Crippen molar-refractivity contribution in [1.29, 1.82) is 0 Å². The largest absolute Gasteiger partial charge is 0.463 e. The minimum atomic E-state index is -0.901. The van der Waals surface area contributed by atoms with Gasteiger partial charge in [-0.25, -0.2) is 4.79 Å². The van der Waals surface area contributed by atoms with Gasteiger partial charge in [-0.1, -0.05) is 17.7 Å². The molecule has 0 unspecified atom stereocenters. The molecular formula is C16H17ClN2O4. The van der Waals surface area contributed by atoms with Crippen LogP contribution in [0.2, 0.25) is 5.02 Å². The first-order valence-corrected chi connectivity index (χ1v) is 7.54. The predicted octanol–water partition coefficient (Wildman–Crippen LogP) is 2.25. The maximum absolute atomic E-state index is 12.5. The minimum Gasteiger partial charge on any atom is -0.463 e. The molecule has 2 amide bonds. The molecular weight excluding hydrogens is 320 g/mol. The molecule has 0 saturated heterocycles. The van der Waals surface area contributed by atoms with E-state index in [9.17, 15) is 14.4 Å². The molecule has 0 spiro atoms. The zero-order valence-corrected chi connectivity index (χ0v) is 13.6. The monoisotopic (exact) mass is 336 g/mol. The summed E-state index contributed by atoms with van der Waals surface area (Å²) in [6.45, 7) is 3.44. The van der Waals surface area contributed by atoms with E-state index in [1.807, 2.05) is 0 Å². The summed E-state index contributed by atoms with van der Waals surface area (Å²) in [6.07, 6.45) is -0.113. The SMILES string of the molecule is CCOC(=O)C1=C(C)NC(=O)C[C@H]1C(=O)Nc1cccc(Cl)c1. The van der Waals surface area contributed by atoms with Gasteiger partial charge in [-0.15, -0.1) is 0 Å². The molecule has 0 aromatic heterocycles. The van der Waals surface area contributed by atoms with E-state index in [2.05, 4.69) is 10.6 Å². The third kappa shape index (κ3) is 4.10. The lowest BCUT2D eigenvalue weighted by Gasteiger charge is -2.25. The number of carbonyl (C=O) groups is 3. The van der Waals surface area contributed by atoms with Crippen LogP contribution >= 0.6 is 11.6 Å². The fraction of sp³-hybridized carbons (Fsp3) is 0.312. The van der Waals surface area contributed by atoms with Crippen LogP contribution < -0.4 is 10.6 Å². The summed E-state index contributed by atoms with van der Waals surface area (Å²) in [5.41, 5.74) is 1.01. The number of hydrogen-bond acceptors (Lipinski definition) is 4. The average molecular weight is 337 g/mol. The Morgan fingerprint density at radius 1 is 1.43 bits per heavy atom. The number of amides is 2. The van der Waals surface area contributed by atoms with Crippen LogP contribution in [0.25, 0.3) is 0 Å². The molecule has 1 aromatic carbocycles. The van der Waals surface area contributed by atoms with Crippen LogP contribution in [0.5, 0.6) is 0 Å². The fourth-order valence-electron chi connectivity index (χ4n) is 2.40. The molecule has 6 nitrogen and oxygen atoms in total. The van der Waals surface area contributed by atoms with Gasteiger partial charge in [0, 0.05) is 22.8 Å². The van der Waals surface area contributed by atoms with Gasteiger partial charge in [0.15, 0.2) is 0 Å². The third-order valence-corrected chi connectivity index (χ3v) is 3.61. The summed E-state index contributed by atoms with van der Waals surface area (Å²) in [5, 5.41) is 5.71. The minimum absolute atomic E-state index is 0.113. The van der Waals surface area contributed by atoms with Crippen molar-refractivity contribution >= 4 is 35.1 Å². The zero-order chi connectivity index (χ0) is 17.0. The van der Waals surface area contributed by atoms with E-state index in [1.54, 1.807) is 38.1 Å². The van der Waals surface area contributed by atoms with E-state index in [0.717, 1.165) is 0 Å². The van der Waals surface area contributed by atoms with Crippen LogP contribution in [0.3, 0.4) is 0 Å². The summed E-state index contributed by atoms with van der Waals surface area (Å²) in [6, 6.07) is 6.63. The van der Waals surface area contributed by atoms with Gasteiger partial charge in [-0.05, 0) is 32.0 Å². The first-order valence-electron chi connectivity index (χ1n) is 7.16. The summed E-state index contributed by atoms with van der Waals surface area (Å²) in [7, 11) is 0. The molecule has 0 aliphatic carbocycles. The van der Waals surface area contributed by atoms with Crippen molar-refractivity contribution in [3.8, 4) is 0 Å². The van der Waals surface area contributed by atoms with E-state index in [0.29, 0.717) is 16.4 Å². The first kappa shape index (κ1) is 17.0. The molecule has 0 fully saturated rings. The lowest BCUT2D eigenvalue weighted by atomic mass is 9.89. The second-order valence-electron chi connectivity index (χ2n) is 5.06. The van der Waals surface area contributed by atoms with E-state index >= 15 is 0 Å². The first-order chi connectivity index (χ1) is 10.9. The molecule has 7 heteroatoms. The van der Waals surface area contributed by atoms with Crippen molar-refractivity contribution in [3.63, 3.8) is 0 Å². The standard InChI is InChI=1S/C16H17ClN2O4/c1-3-23-16(22)14-9(2)18-13(20)8-12(14)15(21)19-11-6-4-5-10(17)7-11/h4-7,12H,3,8H2,1-2H3,(H,18,20)(H,19,21)/t12-/m1/s1. The molecule has 1 atom stereocenters. The molecule has 0 saturated carbocycles. The second-order valence-corrected chi connectivity index (χ2v) is 5.50. The number of nitrogens with one attached hydrogen (secondary N) is 2. The normalized spacial score (nSPS) is 17.5. The van der Waals surface area contributed by atoms with Crippen LogP contribution in [0.15, 0.2) is 35.5 Å². The number of ether oxygens (including phenoxy) is 1. The van der Waals surface area contributed by atoms with Gasteiger partial charge in [-0.2, -0.15) is 0 Å². The molecule has 2 N–H and O–H groups in total. The van der Waals surface area contributed by atoms with Gasteiger partial charge in [-0.3, -0.25) is 9.59 Å². The highest BCUT2D eigenvalue weighted by Crippen LogP contribution is 2.26. The smallest absolute Gasteiger partial charge is 0.336 e. The highest BCUT2D eigenvalue weighted by molar-refractivity contribution is 6.30. The molecule has 0 bridgehead atoms. The quantitative estimate of drug-likeness (QED) is 0.826. The maximum atomic E-state index is 12.5. The van der Waals surface area contributed by atoms with Gasteiger partial charge < -0.3 is 15.4 Å². The molecule has 122 valence electrons. The van der Waals surface area contributed by atoms with Gasteiger partial charge in [0.25, 0.3) is 0 Å². The second kappa shape index (κ2) is 7.28. The number of anilines is 1. The number of carbonyl (C=O) groups excluding carboxylic acids is 3. The number of halogens is 1. The van der Waals surface area contributed by atoms with Crippen molar-refractivity contribution in [2.75, 3.05) is 11.9 Å². The van der Waals surface area contributed by atoms with E-state index < -0.39 is 17.8 Å². The maximum Gasteiger partial charge on any atom is 0.336 e. The summed E-state index contributed by atoms with van der Waals surface area (Å²) >= 11 is 5.88. The topological polar surface area (TPSA) is 84.5 Å². The third-order valence-electron chi connectivity index (χ3n) is 3.37. The van der Waals surface area contributed by atoms with Crippen molar-refractivity contribution in [3.05, 3.63) is 40.6 Å². The Morgan fingerprint density at radius 2 is 2.17 bits per heavy atom. The van der Waals surface area contributed by atoms with E-state index in [-0.39, 0.29) is 24.5 Å². The Bertz CT molecular complexity index is 684. The summed E-state index contributed by atoms with van der Waals surface area (Å²) in [5.74, 6) is -2.27. The zero-order valence-electron chi connectivity index (χ0n) is 12.8. The van der Waals surface area contributed by atoms with Crippen molar-refractivity contribution in [2.24, 2.45) is 5.92 Å². The Balaban J connectivity index is 2.26. The highest BCUT2D eigenvalue weighted by atomic mass is 35.5. The summed E-state index contributed by atoms with van der Waals surface area (Å²) < 4.78 is 4.99. The lowest BCUT2D eigenvalue weighted by molar-refractivity contribution is -0.141. The molecule has 23 heavy (non-hydrogen) atoms. The number of esters is 1. The van der Waals surface area contributed by atoms with Crippen LogP contribution in [-0.4, -0.2) is 24.4 Å². The van der Waals surface area contributed by atoms with E-state index in [4.69, 9.17) is 16.3 Å². The number of hydrogen-bond donors (Lipinski definition) is 2. The van der Waals surface area contributed by atoms with Gasteiger partial charge in [0.1, 0.15) is 0 Å². The van der Waals surface area contributed by atoms with Crippen LogP contribution in [-0.2, 0) is 19.1 Å². The summed E-state index contributed by atoms with van der Waals surface area (Å²) in [4.78, 5) is 36.3. The van der Waals surface area contributed by atoms with Crippen LogP contribution in [0.1, 0.15) is 20.3 Å². The van der Waals surface area contributed by atoms with Gasteiger partial charge >= 0.3 is 5.97 Å². The molecule has 2 rings (SSSR count). The van der Waals surface area contributed by atoms with Crippen molar-refractivity contribution in [1.82, 2.24) is 5.32 Å². The lowest BCUT2D eigenvalue weighted by Crippen LogP contribution is -2.40. The Kier molecular flexibility index (Phi) is 5.39. The number of allylic oxidation sites excluding steroid dienone is 1. The van der Waals surface area contributed by atoms with Gasteiger partial charge in [0.2, 0.25) is 11.8 Å².